The van der Waals surface area contributed by atoms with Crippen LogP contribution < -0.4 is 10.6 Å². The Labute approximate surface area is 181 Å². The zero-order chi connectivity index (χ0) is 22.6. The summed E-state index contributed by atoms with van der Waals surface area (Å²) in [6, 6.07) is 20.9. The van der Waals surface area contributed by atoms with Gasteiger partial charge in [-0.25, -0.2) is 4.79 Å². The molecule has 1 atom stereocenters. The van der Waals surface area contributed by atoms with Gasteiger partial charge >= 0.3 is 12.2 Å². The molecule has 0 fully saturated rings. The predicted octanol–water partition coefficient (Wildman–Crippen LogP) is 5.67. The molecule has 2 N–H and O–H groups in total. The highest BCUT2D eigenvalue weighted by Crippen LogP contribution is 2.34. The number of hydrogen-bond donors (Lipinski definition) is 2. The van der Waals surface area contributed by atoms with Crippen LogP contribution in [0.3, 0.4) is 0 Å². The molecule has 1 aromatic heterocycles. The normalized spacial score (nSPS) is 12.2. The fourth-order valence-corrected chi connectivity index (χ4v) is 3.11. The second-order valence-corrected chi connectivity index (χ2v) is 6.80. The van der Waals surface area contributed by atoms with Gasteiger partial charge in [-0.05, 0) is 29.8 Å². The van der Waals surface area contributed by atoms with E-state index in [4.69, 9.17) is 4.42 Å². The molecule has 0 bridgehead atoms. The van der Waals surface area contributed by atoms with Crippen molar-refractivity contribution >= 4 is 11.7 Å². The highest BCUT2D eigenvalue weighted by atomic mass is 19.4. The topological polar surface area (TPSA) is 80.0 Å². The number of urea groups is 1. The molecule has 0 spiro atoms. The third-order valence-corrected chi connectivity index (χ3v) is 4.60. The zero-order valence-corrected chi connectivity index (χ0v) is 16.5. The minimum absolute atomic E-state index is 0.0920. The molecule has 0 saturated carbocycles. The summed E-state index contributed by atoms with van der Waals surface area (Å²) in [7, 11) is 0. The van der Waals surface area contributed by atoms with Gasteiger partial charge in [0.2, 0.25) is 11.8 Å². The Morgan fingerprint density at radius 1 is 0.844 bits per heavy atom. The number of carbonyl (C=O) groups excluding carboxylic acids is 1. The van der Waals surface area contributed by atoms with Gasteiger partial charge in [0.25, 0.3) is 0 Å². The molecule has 6 nitrogen and oxygen atoms in total. The third-order valence-electron chi connectivity index (χ3n) is 4.60. The summed E-state index contributed by atoms with van der Waals surface area (Å²) >= 11 is 0. The number of aromatic nitrogens is 2. The number of para-hydroxylation sites is 1. The SMILES string of the molecule is O=C(Nc1ccccc1C(F)(F)F)NC(c1ccccc1)c1nnc(-c2ccccc2)o1. The number of benzene rings is 3. The van der Waals surface area contributed by atoms with Crippen LogP contribution in [0.15, 0.2) is 89.3 Å². The molecular formula is C23H17F3N4O2. The molecular weight excluding hydrogens is 421 g/mol. The highest BCUT2D eigenvalue weighted by Gasteiger charge is 2.34. The van der Waals surface area contributed by atoms with Gasteiger partial charge in [0, 0.05) is 5.56 Å². The molecule has 4 aromatic rings. The molecule has 32 heavy (non-hydrogen) atoms. The van der Waals surface area contributed by atoms with Crippen LogP contribution in [0.1, 0.15) is 23.1 Å². The van der Waals surface area contributed by atoms with Crippen LogP contribution in [0.4, 0.5) is 23.7 Å². The minimum atomic E-state index is -4.61. The summed E-state index contributed by atoms with van der Waals surface area (Å²) in [6.07, 6.45) is -4.61. The number of hydrogen-bond acceptors (Lipinski definition) is 4. The molecule has 162 valence electrons. The van der Waals surface area contributed by atoms with Crippen molar-refractivity contribution in [3.63, 3.8) is 0 Å². The van der Waals surface area contributed by atoms with E-state index in [1.54, 1.807) is 42.5 Å². The van der Waals surface area contributed by atoms with Crippen molar-refractivity contribution in [3.05, 3.63) is 102 Å². The molecule has 2 amide bonds. The summed E-state index contributed by atoms with van der Waals surface area (Å²) in [5.41, 5.74) is 0.00650. The monoisotopic (exact) mass is 438 g/mol. The van der Waals surface area contributed by atoms with E-state index in [1.807, 2.05) is 18.2 Å². The fraction of sp³-hybridized carbons (Fsp3) is 0.0870. The number of nitrogens with one attached hydrogen (secondary N) is 2. The second kappa shape index (κ2) is 8.93. The molecule has 0 aliphatic carbocycles. The van der Waals surface area contributed by atoms with Gasteiger partial charge < -0.3 is 15.1 Å². The van der Waals surface area contributed by atoms with Crippen molar-refractivity contribution in [2.75, 3.05) is 5.32 Å². The van der Waals surface area contributed by atoms with E-state index >= 15 is 0 Å². The number of rotatable bonds is 5. The van der Waals surface area contributed by atoms with E-state index in [-0.39, 0.29) is 17.5 Å². The van der Waals surface area contributed by atoms with Crippen LogP contribution in [0, 0.1) is 0 Å². The number of alkyl halides is 3. The highest BCUT2D eigenvalue weighted by molar-refractivity contribution is 5.90. The summed E-state index contributed by atoms with van der Waals surface area (Å²) in [5.74, 6) is 0.348. The van der Waals surface area contributed by atoms with Gasteiger partial charge in [0.15, 0.2) is 0 Å². The third kappa shape index (κ3) is 4.77. The lowest BCUT2D eigenvalue weighted by molar-refractivity contribution is -0.136. The van der Waals surface area contributed by atoms with Crippen LogP contribution >= 0.6 is 0 Å². The lowest BCUT2D eigenvalue weighted by Gasteiger charge is -2.18. The largest absolute Gasteiger partial charge is 0.418 e. The molecule has 1 unspecified atom stereocenters. The molecule has 0 aliphatic rings. The standard InChI is InChI=1S/C23H17F3N4O2/c24-23(25,26)17-13-7-8-14-18(17)27-22(31)28-19(15-9-3-1-4-10-15)21-30-29-20(32-21)16-11-5-2-6-12-16/h1-14,19H,(H2,27,28,31). The number of carbonyl (C=O) groups is 1. The van der Waals surface area contributed by atoms with Crippen LogP contribution in [-0.4, -0.2) is 16.2 Å². The van der Waals surface area contributed by atoms with Gasteiger partial charge in [0.1, 0.15) is 6.04 Å². The van der Waals surface area contributed by atoms with E-state index in [0.29, 0.717) is 11.1 Å². The average Bonchev–Trinajstić information content (AvgIpc) is 3.28. The predicted molar refractivity (Wildman–Crippen MR) is 112 cm³/mol. The second-order valence-electron chi connectivity index (χ2n) is 6.80. The van der Waals surface area contributed by atoms with Gasteiger partial charge in [-0.1, -0.05) is 60.7 Å². The molecule has 0 aliphatic heterocycles. The molecule has 0 saturated heterocycles. The molecule has 1 heterocycles. The average molecular weight is 438 g/mol. The fourth-order valence-electron chi connectivity index (χ4n) is 3.11. The maximum Gasteiger partial charge on any atom is 0.418 e. The summed E-state index contributed by atoms with van der Waals surface area (Å²) in [4.78, 5) is 12.6. The van der Waals surface area contributed by atoms with E-state index in [9.17, 15) is 18.0 Å². The minimum Gasteiger partial charge on any atom is -0.418 e. The molecule has 3 aromatic carbocycles. The Morgan fingerprint density at radius 3 is 2.16 bits per heavy atom. The number of halogens is 3. The smallest absolute Gasteiger partial charge is 0.418 e. The number of nitrogens with zero attached hydrogens (tertiary/aromatic N) is 2. The van der Waals surface area contributed by atoms with Gasteiger partial charge in [-0.15, -0.1) is 10.2 Å². The van der Waals surface area contributed by atoms with Crippen molar-refractivity contribution in [2.24, 2.45) is 0 Å². The van der Waals surface area contributed by atoms with Crippen molar-refractivity contribution in [3.8, 4) is 11.5 Å². The van der Waals surface area contributed by atoms with Crippen LogP contribution in [0.25, 0.3) is 11.5 Å². The molecule has 4 rings (SSSR count). The van der Waals surface area contributed by atoms with Crippen molar-refractivity contribution < 1.29 is 22.4 Å². The Bertz CT molecular complexity index is 1190. The van der Waals surface area contributed by atoms with Gasteiger partial charge in [-0.2, -0.15) is 13.2 Å². The zero-order valence-electron chi connectivity index (χ0n) is 16.5. The van der Waals surface area contributed by atoms with Crippen molar-refractivity contribution in [1.29, 1.82) is 0 Å². The molecule has 0 radical (unpaired) electrons. The Hall–Kier alpha value is -4.14. The maximum atomic E-state index is 13.3. The Kier molecular flexibility index (Phi) is 5.89. The van der Waals surface area contributed by atoms with Crippen molar-refractivity contribution in [1.82, 2.24) is 15.5 Å². The van der Waals surface area contributed by atoms with Crippen LogP contribution in [0.5, 0.6) is 0 Å². The summed E-state index contributed by atoms with van der Waals surface area (Å²) in [6.45, 7) is 0. The molecule has 9 heteroatoms. The quantitative estimate of drug-likeness (QED) is 0.421. The Balaban J connectivity index is 1.61. The van der Waals surface area contributed by atoms with Gasteiger partial charge in [0.05, 0.1) is 11.3 Å². The lowest BCUT2D eigenvalue weighted by atomic mass is 10.1. The van der Waals surface area contributed by atoms with E-state index < -0.39 is 23.8 Å². The van der Waals surface area contributed by atoms with Crippen LogP contribution in [0.2, 0.25) is 0 Å². The first-order chi connectivity index (χ1) is 15.4. The van der Waals surface area contributed by atoms with Crippen molar-refractivity contribution in [2.45, 2.75) is 12.2 Å². The van der Waals surface area contributed by atoms with E-state index in [1.165, 1.54) is 18.2 Å². The Morgan fingerprint density at radius 2 is 1.47 bits per heavy atom. The first-order valence-electron chi connectivity index (χ1n) is 9.59. The lowest BCUT2D eigenvalue weighted by Crippen LogP contribution is -2.34. The summed E-state index contributed by atoms with van der Waals surface area (Å²) < 4.78 is 45.5. The number of anilines is 1. The van der Waals surface area contributed by atoms with E-state index in [2.05, 4.69) is 20.8 Å². The first kappa shape index (κ1) is 21.1. The summed E-state index contributed by atoms with van der Waals surface area (Å²) in [5, 5.41) is 13.0. The van der Waals surface area contributed by atoms with Gasteiger partial charge in [-0.3, -0.25) is 0 Å². The number of amides is 2. The first-order valence-corrected chi connectivity index (χ1v) is 9.59. The van der Waals surface area contributed by atoms with E-state index in [0.717, 1.165) is 6.07 Å². The maximum absolute atomic E-state index is 13.3. The van der Waals surface area contributed by atoms with Crippen LogP contribution in [-0.2, 0) is 6.18 Å².